The maximum Gasteiger partial charge on any atom is 0.169 e. The highest BCUT2D eigenvalue weighted by molar-refractivity contribution is 5.59. The molecule has 0 spiro atoms. The summed E-state index contributed by atoms with van der Waals surface area (Å²) in [6.07, 6.45) is 0. The first-order valence-electron chi connectivity index (χ1n) is 5.12. The number of benzene rings is 1. The number of rotatable bonds is 2. The molecule has 0 unspecified atom stereocenters. The molecular formula is C12H10F3N3. The summed E-state index contributed by atoms with van der Waals surface area (Å²) in [6, 6.07) is 4.78. The van der Waals surface area contributed by atoms with Crippen LogP contribution in [-0.2, 0) is 0 Å². The Bertz CT molecular complexity index is 599. The number of hydrogen-bond donors (Lipinski definition) is 2. The normalized spacial score (nSPS) is 10.4. The van der Waals surface area contributed by atoms with E-state index in [-0.39, 0.29) is 11.6 Å². The number of aromatic nitrogens is 1. The molecule has 3 N–H and O–H groups in total. The van der Waals surface area contributed by atoms with Gasteiger partial charge in [0.05, 0.1) is 0 Å². The smallest absolute Gasteiger partial charge is 0.169 e. The van der Waals surface area contributed by atoms with Crippen molar-refractivity contribution in [3.63, 3.8) is 0 Å². The number of aryl methyl sites for hydroxylation is 1. The number of pyridine rings is 1. The van der Waals surface area contributed by atoms with Gasteiger partial charge in [-0.1, -0.05) is 0 Å². The largest absolute Gasteiger partial charge is 0.381 e. The zero-order valence-corrected chi connectivity index (χ0v) is 9.47. The minimum atomic E-state index is -0.923. The van der Waals surface area contributed by atoms with E-state index in [0.717, 1.165) is 0 Å². The predicted molar refractivity (Wildman–Crippen MR) is 63.0 cm³/mol. The lowest BCUT2D eigenvalue weighted by Gasteiger charge is -2.08. The van der Waals surface area contributed by atoms with Crippen LogP contribution in [0.25, 0.3) is 0 Å². The summed E-state index contributed by atoms with van der Waals surface area (Å²) < 4.78 is 39.4. The van der Waals surface area contributed by atoms with Gasteiger partial charge in [-0.05, 0) is 30.7 Å². The Kier molecular flexibility index (Phi) is 3.10. The molecule has 94 valence electrons. The number of hydrogen-bond acceptors (Lipinski definition) is 3. The Morgan fingerprint density at radius 2 is 1.78 bits per heavy atom. The molecule has 1 aromatic carbocycles. The van der Waals surface area contributed by atoms with Gasteiger partial charge in [-0.25, -0.2) is 18.2 Å². The lowest BCUT2D eigenvalue weighted by molar-refractivity contribution is 0.581. The molecule has 1 heterocycles. The van der Waals surface area contributed by atoms with Crippen molar-refractivity contribution in [1.29, 1.82) is 0 Å². The van der Waals surface area contributed by atoms with E-state index >= 15 is 0 Å². The van der Waals surface area contributed by atoms with Gasteiger partial charge >= 0.3 is 0 Å². The second-order valence-electron chi connectivity index (χ2n) is 3.77. The number of nitrogens with zero attached hydrogens (tertiary/aromatic N) is 1. The average Bonchev–Trinajstić information content (AvgIpc) is 2.31. The molecule has 2 aromatic rings. The number of nitrogens with two attached hydrogens (primary N) is 1. The summed E-state index contributed by atoms with van der Waals surface area (Å²) >= 11 is 0. The van der Waals surface area contributed by atoms with E-state index in [4.69, 9.17) is 5.73 Å². The zero-order chi connectivity index (χ0) is 13.3. The molecule has 0 fully saturated rings. The van der Waals surface area contributed by atoms with Crippen LogP contribution in [0, 0.1) is 24.4 Å². The summed E-state index contributed by atoms with van der Waals surface area (Å²) in [6.45, 7) is 1.57. The van der Waals surface area contributed by atoms with Crippen LogP contribution in [0.3, 0.4) is 0 Å². The average molecular weight is 253 g/mol. The molecule has 1 aromatic heterocycles. The highest BCUT2D eigenvalue weighted by Gasteiger charge is 2.10. The second kappa shape index (κ2) is 4.56. The van der Waals surface area contributed by atoms with E-state index in [0.29, 0.717) is 17.3 Å². The van der Waals surface area contributed by atoms with Crippen LogP contribution >= 0.6 is 0 Å². The van der Waals surface area contributed by atoms with Crippen molar-refractivity contribution in [3.05, 3.63) is 47.3 Å². The molecule has 0 atom stereocenters. The molecule has 0 aliphatic carbocycles. The van der Waals surface area contributed by atoms with Crippen molar-refractivity contribution in [2.75, 3.05) is 11.1 Å². The third-order valence-corrected chi connectivity index (χ3v) is 2.38. The summed E-state index contributed by atoms with van der Waals surface area (Å²) in [5, 5.41) is 2.61. The molecule has 0 aliphatic rings. The molecule has 2 rings (SSSR count). The Morgan fingerprint density at radius 1 is 1.06 bits per heavy atom. The van der Waals surface area contributed by atoms with Gasteiger partial charge in [-0.2, -0.15) is 0 Å². The minimum absolute atomic E-state index is 0.208. The quantitative estimate of drug-likeness (QED) is 0.864. The van der Waals surface area contributed by atoms with Gasteiger partial charge < -0.3 is 11.1 Å². The summed E-state index contributed by atoms with van der Waals surface area (Å²) in [7, 11) is 0. The molecule has 0 radical (unpaired) electrons. The monoisotopic (exact) mass is 253 g/mol. The SMILES string of the molecule is Cc1cc(Nc2nc(N)c(F)cc2F)ccc1F. The van der Waals surface area contributed by atoms with Crippen molar-refractivity contribution in [1.82, 2.24) is 4.98 Å². The van der Waals surface area contributed by atoms with Crippen LogP contribution in [-0.4, -0.2) is 4.98 Å². The van der Waals surface area contributed by atoms with Gasteiger partial charge in [-0.15, -0.1) is 0 Å². The lowest BCUT2D eigenvalue weighted by Crippen LogP contribution is -2.03. The van der Waals surface area contributed by atoms with Crippen LogP contribution < -0.4 is 11.1 Å². The molecule has 0 amide bonds. The van der Waals surface area contributed by atoms with Gasteiger partial charge in [-0.3, -0.25) is 0 Å². The van der Waals surface area contributed by atoms with Gasteiger partial charge in [0, 0.05) is 11.8 Å². The van der Waals surface area contributed by atoms with Gasteiger partial charge in [0.25, 0.3) is 0 Å². The molecule has 3 nitrogen and oxygen atoms in total. The summed E-state index contributed by atoms with van der Waals surface area (Å²) in [5.74, 6) is -2.78. The van der Waals surface area contributed by atoms with E-state index < -0.39 is 17.5 Å². The number of nitrogen functional groups attached to an aromatic ring is 1. The number of anilines is 3. The third kappa shape index (κ3) is 2.37. The second-order valence-corrected chi connectivity index (χ2v) is 3.77. The lowest BCUT2D eigenvalue weighted by atomic mass is 10.2. The van der Waals surface area contributed by atoms with E-state index in [2.05, 4.69) is 10.3 Å². The molecule has 6 heteroatoms. The van der Waals surface area contributed by atoms with Crippen LogP contribution in [0.5, 0.6) is 0 Å². The maximum absolute atomic E-state index is 13.4. The Hall–Kier alpha value is -2.24. The minimum Gasteiger partial charge on any atom is -0.381 e. The van der Waals surface area contributed by atoms with Gasteiger partial charge in [0.1, 0.15) is 5.82 Å². The van der Waals surface area contributed by atoms with Crippen LogP contribution in [0.4, 0.5) is 30.5 Å². The highest BCUT2D eigenvalue weighted by atomic mass is 19.1. The molecule has 0 aliphatic heterocycles. The fourth-order valence-corrected chi connectivity index (χ4v) is 1.43. The van der Waals surface area contributed by atoms with E-state index in [9.17, 15) is 13.2 Å². The molecule has 0 saturated heterocycles. The third-order valence-electron chi connectivity index (χ3n) is 2.38. The summed E-state index contributed by atoms with van der Waals surface area (Å²) in [5.41, 5.74) is 6.08. The summed E-state index contributed by atoms with van der Waals surface area (Å²) in [4.78, 5) is 3.54. The van der Waals surface area contributed by atoms with Crippen LogP contribution in [0.1, 0.15) is 5.56 Å². The van der Waals surface area contributed by atoms with Crippen LogP contribution in [0.15, 0.2) is 24.3 Å². The first-order valence-corrected chi connectivity index (χ1v) is 5.12. The fourth-order valence-electron chi connectivity index (χ4n) is 1.43. The van der Waals surface area contributed by atoms with Gasteiger partial charge in [0.2, 0.25) is 0 Å². The first-order chi connectivity index (χ1) is 8.47. The molecule has 18 heavy (non-hydrogen) atoms. The topological polar surface area (TPSA) is 50.9 Å². The standard InChI is InChI=1S/C12H10F3N3/c1-6-4-7(2-3-8(6)13)17-12-10(15)5-9(14)11(16)18-12/h2-5H,1H3,(H3,16,17,18). The van der Waals surface area contributed by atoms with E-state index in [1.807, 2.05) is 0 Å². The van der Waals surface area contributed by atoms with Crippen molar-refractivity contribution in [2.45, 2.75) is 6.92 Å². The Labute approximate surface area is 101 Å². The van der Waals surface area contributed by atoms with E-state index in [1.165, 1.54) is 18.2 Å². The number of nitrogens with one attached hydrogen (secondary N) is 1. The van der Waals surface area contributed by atoms with Crippen LogP contribution in [0.2, 0.25) is 0 Å². The number of halogens is 3. The van der Waals surface area contributed by atoms with Crippen molar-refractivity contribution >= 4 is 17.3 Å². The van der Waals surface area contributed by atoms with E-state index in [1.54, 1.807) is 6.92 Å². The van der Waals surface area contributed by atoms with Crippen molar-refractivity contribution < 1.29 is 13.2 Å². The molecule has 0 bridgehead atoms. The molecule has 0 saturated carbocycles. The Morgan fingerprint density at radius 3 is 2.44 bits per heavy atom. The first kappa shape index (κ1) is 12.2. The van der Waals surface area contributed by atoms with Crippen molar-refractivity contribution in [2.24, 2.45) is 0 Å². The fraction of sp³-hybridized carbons (Fsp3) is 0.0833. The van der Waals surface area contributed by atoms with Gasteiger partial charge in [0.15, 0.2) is 23.3 Å². The molecular weight excluding hydrogens is 243 g/mol. The highest BCUT2D eigenvalue weighted by Crippen LogP contribution is 2.22. The Balaban J connectivity index is 2.34. The zero-order valence-electron chi connectivity index (χ0n) is 9.47. The van der Waals surface area contributed by atoms with Crippen molar-refractivity contribution in [3.8, 4) is 0 Å². The maximum atomic E-state index is 13.4. The predicted octanol–water partition coefficient (Wildman–Crippen LogP) is 3.13.